The van der Waals surface area contributed by atoms with Gasteiger partial charge in [-0.2, -0.15) is 13.2 Å². The summed E-state index contributed by atoms with van der Waals surface area (Å²) in [6.45, 7) is 3.41. The van der Waals surface area contributed by atoms with Crippen LogP contribution >= 0.6 is 0 Å². The predicted octanol–water partition coefficient (Wildman–Crippen LogP) is 5.40. The molecule has 2 aromatic carbocycles. The maximum absolute atomic E-state index is 13.7. The number of nitrogens with one attached hydrogen (secondary N) is 1. The number of benzene rings is 2. The van der Waals surface area contributed by atoms with Crippen molar-refractivity contribution >= 4 is 0 Å². The van der Waals surface area contributed by atoms with Gasteiger partial charge < -0.3 is 5.32 Å². The van der Waals surface area contributed by atoms with E-state index in [1.54, 1.807) is 13.8 Å². The molecule has 0 saturated carbocycles. The molecule has 2 atom stereocenters. The molecule has 23 heavy (non-hydrogen) atoms. The lowest BCUT2D eigenvalue weighted by Crippen LogP contribution is -2.23. The molecular weight excluding hydrogens is 313 g/mol. The molecule has 1 N–H and O–H groups in total. The molecule has 2 aromatic rings. The minimum Gasteiger partial charge on any atom is -0.304 e. The number of rotatable bonds is 4. The first-order chi connectivity index (χ1) is 10.7. The fraction of sp³-hybridized carbons (Fsp3) is 0.294. The van der Waals surface area contributed by atoms with Crippen LogP contribution in [0, 0.1) is 11.6 Å². The molecule has 0 heterocycles. The molecule has 0 fully saturated rings. The van der Waals surface area contributed by atoms with E-state index in [-0.39, 0.29) is 11.6 Å². The van der Waals surface area contributed by atoms with Crippen molar-refractivity contribution in [1.29, 1.82) is 0 Å². The second kappa shape index (κ2) is 6.66. The van der Waals surface area contributed by atoms with E-state index in [1.165, 1.54) is 12.1 Å². The monoisotopic (exact) mass is 329 g/mol. The fourth-order valence-corrected chi connectivity index (χ4v) is 2.37. The molecule has 2 rings (SSSR count). The molecule has 0 spiro atoms. The number of hydrogen-bond acceptors (Lipinski definition) is 1. The summed E-state index contributed by atoms with van der Waals surface area (Å²) in [5.41, 5.74) is 0.0723. The highest BCUT2D eigenvalue weighted by Crippen LogP contribution is 2.30. The van der Waals surface area contributed by atoms with Gasteiger partial charge in [0, 0.05) is 17.6 Å². The lowest BCUT2D eigenvalue weighted by Gasteiger charge is -2.21. The Bertz CT molecular complexity index is 664. The van der Waals surface area contributed by atoms with Gasteiger partial charge in [0.15, 0.2) is 0 Å². The van der Waals surface area contributed by atoms with Crippen LogP contribution in [0.5, 0.6) is 0 Å². The zero-order valence-corrected chi connectivity index (χ0v) is 12.6. The predicted molar refractivity (Wildman–Crippen MR) is 77.8 cm³/mol. The van der Waals surface area contributed by atoms with Crippen LogP contribution in [0.2, 0.25) is 0 Å². The maximum atomic E-state index is 13.7. The zero-order chi connectivity index (χ0) is 17.2. The summed E-state index contributed by atoms with van der Waals surface area (Å²) in [7, 11) is 0. The Kier molecular flexibility index (Phi) is 5.04. The highest BCUT2D eigenvalue weighted by molar-refractivity contribution is 5.27. The zero-order valence-electron chi connectivity index (χ0n) is 12.6. The van der Waals surface area contributed by atoms with Crippen LogP contribution in [0.3, 0.4) is 0 Å². The molecule has 0 bridgehead atoms. The second-order valence-corrected chi connectivity index (χ2v) is 5.40. The van der Waals surface area contributed by atoms with Gasteiger partial charge in [0.05, 0.1) is 5.56 Å². The summed E-state index contributed by atoms with van der Waals surface area (Å²) >= 11 is 0. The number of halogens is 5. The average molecular weight is 329 g/mol. The van der Waals surface area contributed by atoms with Crippen molar-refractivity contribution in [2.75, 3.05) is 0 Å². The van der Waals surface area contributed by atoms with E-state index < -0.39 is 29.4 Å². The van der Waals surface area contributed by atoms with Crippen LogP contribution in [0.1, 0.15) is 42.6 Å². The summed E-state index contributed by atoms with van der Waals surface area (Å²) in [4.78, 5) is 0. The Morgan fingerprint density at radius 1 is 0.870 bits per heavy atom. The lowest BCUT2D eigenvalue weighted by molar-refractivity contribution is -0.137. The largest absolute Gasteiger partial charge is 0.416 e. The topological polar surface area (TPSA) is 12.0 Å². The van der Waals surface area contributed by atoms with Gasteiger partial charge in [-0.1, -0.05) is 12.1 Å². The van der Waals surface area contributed by atoms with E-state index in [9.17, 15) is 22.0 Å². The van der Waals surface area contributed by atoms with Gasteiger partial charge in [-0.3, -0.25) is 0 Å². The average Bonchev–Trinajstić information content (AvgIpc) is 2.48. The number of alkyl halides is 3. The molecule has 0 radical (unpaired) electrons. The maximum Gasteiger partial charge on any atom is 0.416 e. The van der Waals surface area contributed by atoms with Crippen LogP contribution < -0.4 is 5.32 Å². The molecular formula is C17H16F5N. The summed E-state index contributed by atoms with van der Waals surface area (Å²) in [6, 6.07) is 7.10. The third-order valence-corrected chi connectivity index (χ3v) is 3.66. The molecule has 0 aliphatic carbocycles. The van der Waals surface area contributed by atoms with Gasteiger partial charge >= 0.3 is 6.18 Å². The van der Waals surface area contributed by atoms with Crippen molar-refractivity contribution in [3.63, 3.8) is 0 Å². The molecule has 6 heteroatoms. The van der Waals surface area contributed by atoms with Gasteiger partial charge in [0.1, 0.15) is 11.6 Å². The normalized spacial score (nSPS) is 14.6. The van der Waals surface area contributed by atoms with E-state index in [2.05, 4.69) is 5.32 Å². The Morgan fingerprint density at radius 2 is 1.48 bits per heavy atom. The molecule has 0 aliphatic heterocycles. The van der Waals surface area contributed by atoms with Gasteiger partial charge in [0.2, 0.25) is 0 Å². The minimum absolute atomic E-state index is 0.170. The Balaban J connectivity index is 2.12. The van der Waals surface area contributed by atoms with Gasteiger partial charge in [0.25, 0.3) is 0 Å². The van der Waals surface area contributed by atoms with E-state index in [0.717, 1.165) is 30.3 Å². The summed E-state index contributed by atoms with van der Waals surface area (Å²) in [6.07, 6.45) is -4.38. The molecule has 0 saturated heterocycles. The fourth-order valence-electron chi connectivity index (χ4n) is 2.37. The van der Waals surface area contributed by atoms with Gasteiger partial charge in [-0.25, -0.2) is 8.78 Å². The molecule has 124 valence electrons. The molecule has 0 unspecified atom stereocenters. The van der Waals surface area contributed by atoms with Gasteiger partial charge in [-0.15, -0.1) is 0 Å². The highest BCUT2D eigenvalue weighted by atomic mass is 19.4. The summed E-state index contributed by atoms with van der Waals surface area (Å²) < 4.78 is 64.6. The first-order valence-corrected chi connectivity index (χ1v) is 7.06. The van der Waals surface area contributed by atoms with Crippen LogP contribution in [0.4, 0.5) is 22.0 Å². The van der Waals surface area contributed by atoms with E-state index in [0.29, 0.717) is 5.56 Å². The highest BCUT2D eigenvalue weighted by Gasteiger charge is 2.30. The number of hydrogen-bond donors (Lipinski definition) is 1. The van der Waals surface area contributed by atoms with Crippen molar-refractivity contribution in [2.24, 2.45) is 0 Å². The Labute approximate surface area is 131 Å². The third kappa shape index (κ3) is 4.28. The van der Waals surface area contributed by atoms with Crippen LogP contribution in [-0.4, -0.2) is 0 Å². The first-order valence-electron chi connectivity index (χ1n) is 7.06. The Hall–Kier alpha value is -1.95. The second-order valence-electron chi connectivity index (χ2n) is 5.40. The molecule has 0 aliphatic rings. The standard InChI is InChI=1S/C17H16F5N/c1-10(12-3-5-13(6-4-12)17(20,21)22)23-11(2)15-9-14(18)7-8-16(15)19/h3-11,23H,1-2H3/t10-,11-/m1/s1. The van der Waals surface area contributed by atoms with Crippen molar-refractivity contribution in [2.45, 2.75) is 32.1 Å². The van der Waals surface area contributed by atoms with Crippen molar-refractivity contribution in [1.82, 2.24) is 5.32 Å². The van der Waals surface area contributed by atoms with Crippen molar-refractivity contribution in [3.8, 4) is 0 Å². The smallest absolute Gasteiger partial charge is 0.304 e. The van der Waals surface area contributed by atoms with E-state index in [4.69, 9.17) is 0 Å². The molecule has 0 amide bonds. The van der Waals surface area contributed by atoms with Crippen LogP contribution in [-0.2, 0) is 6.18 Å². The minimum atomic E-state index is -4.38. The first kappa shape index (κ1) is 17.4. The quantitative estimate of drug-likeness (QED) is 0.741. The molecule has 0 aromatic heterocycles. The third-order valence-electron chi connectivity index (χ3n) is 3.66. The lowest BCUT2D eigenvalue weighted by atomic mass is 10.0. The van der Waals surface area contributed by atoms with E-state index >= 15 is 0 Å². The van der Waals surface area contributed by atoms with Crippen molar-refractivity contribution < 1.29 is 22.0 Å². The summed E-state index contributed by atoms with van der Waals surface area (Å²) in [5.74, 6) is -1.08. The molecule has 1 nitrogen and oxygen atoms in total. The van der Waals surface area contributed by atoms with Crippen LogP contribution in [0.15, 0.2) is 42.5 Å². The SMILES string of the molecule is C[C@@H](N[C@H](C)c1cc(F)ccc1F)c1ccc(C(F)(F)F)cc1. The van der Waals surface area contributed by atoms with Crippen LogP contribution in [0.25, 0.3) is 0 Å². The Morgan fingerprint density at radius 3 is 2.04 bits per heavy atom. The van der Waals surface area contributed by atoms with E-state index in [1.807, 2.05) is 0 Å². The van der Waals surface area contributed by atoms with Crippen molar-refractivity contribution in [3.05, 3.63) is 70.8 Å². The van der Waals surface area contributed by atoms with Gasteiger partial charge in [-0.05, 0) is 49.7 Å². The summed E-state index contributed by atoms with van der Waals surface area (Å²) in [5, 5.41) is 3.05.